The molecule has 0 saturated carbocycles. The summed E-state index contributed by atoms with van der Waals surface area (Å²) in [4.78, 5) is 11.3. The molecule has 1 heterocycles. The average molecular weight is 306 g/mol. The first-order valence-electron chi connectivity index (χ1n) is 7.93. The van der Waals surface area contributed by atoms with E-state index in [2.05, 4.69) is 6.07 Å². The first-order valence-corrected chi connectivity index (χ1v) is 7.93. The first kappa shape index (κ1) is 17.0. The quantitative estimate of drug-likeness (QED) is 0.871. The van der Waals surface area contributed by atoms with Crippen LogP contribution in [-0.2, 0) is 27.3 Å². The van der Waals surface area contributed by atoms with Gasteiger partial charge in [-0.2, -0.15) is 0 Å². The van der Waals surface area contributed by atoms with Gasteiger partial charge in [0, 0.05) is 6.61 Å². The number of ether oxygens (including phenoxy) is 2. The van der Waals surface area contributed by atoms with E-state index in [4.69, 9.17) is 9.47 Å². The summed E-state index contributed by atoms with van der Waals surface area (Å²) < 4.78 is 11.4. The summed E-state index contributed by atoms with van der Waals surface area (Å²) in [5, 5.41) is 9.26. The van der Waals surface area contributed by atoms with E-state index in [1.807, 2.05) is 19.1 Å². The number of hydrogen-bond acceptors (Lipinski definition) is 3. The number of rotatable bonds is 6. The van der Waals surface area contributed by atoms with Crippen molar-refractivity contribution in [3.8, 4) is 0 Å². The summed E-state index contributed by atoms with van der Waals surface area (Å²) in [7, 11) is 0. The van der Waals surface area contributed by atoms with Gasteiger partial charge in [0.1, 0.15) is 0 Å². The van der Waals surface area contributed by atoms with Crippen LogP contribution in [0.15, 0.2) is 18.2 Å². The summed E-state index contributed by atoms with van der Waals surface area (Å²) >= 11 is 0. The van der Waals surface area contributed by atoms with E-state index >= 15 is 0 Å². The van der Waals surface area contributed by atoms with Crippen LogP contribution in [0.2, 0.25) is 0 Å². The van der Waals surface area contributed by atoms with Gasteiger partial charge in [0.05, 0.1) is 12.0 Å². The molecule has 1 atom stereocenters. The van der Waals surface area contributed by atoms with Gasteiger partial charge in [-0.15, -0.1) is 0 Å². The standard InChI is InChI=1S/C18H26O4/c1-13-7-8-14(11-18(2,3)17(19)20)10-15(13)12-22-16-6-4-5-9-21-16/h7-8,10,16H,4-6,9,11-12H2,1-3H3,(H,19,20). The van der Waals surface area contributed by atoms with Gasteiger partial charge in [0.25, 0.3) is 0 Å². The normalized spacial score (nSPS) is 19.1. The minimum atomic E-state index is -0.776. The Labute approximate surface area is 132 Å². The Kier molecular flexibility index (Phi) is 5.59. The van der Waals surface area contributed by atoms with Gasteiger partial charge >= 0.3 is 5.97 Å². The summed E-state index contributed by atoms with van der Waals surface area (Å²) in [6.45, 7) is 6.84. The van der Waals surface area contributed by atoms with E-state index in [0.29, 0.717) is 13.0 Å². The van der Waals surface area contributed by atoms with Gasteiger partial charge in [0.2, 0.25) is 0 Å². The van der Waals surface area contributed by atoms with Crippen LogP contribution in [-0.4, -0.2) is 24.0 Å². The minimum Gasteiger partial charge on any atom is -0.481 e. The van der Waals surface area contributed by atoms with Crippen LogP contribution in [0.1, 0.15) is 49.8 Å². The van der Waals surface area contributed by atoms with Crippen LogP contribution >= 0.6 is 0 Å². The molecule has 0 amide bonds. The number of aryl methyl sites for hydroxylation is 1. The van der Waals surface area contributed by atoms with Crippen molar-refractivity contribution >= 4 is 5.97 Å². The molecule has 1 aromatic carbocycles. The second-order valence-corrected chi connectivity index (χ2v) is 6.73. The lowest BCUT2D eigenvalue weighted by atomic mass is 9.85. The van der Waals surface area contributed by atoms with Crippen molar-refractivity contribution in [1.82, 2.24) is 0 Å². The number of carboxylic acids is 1. The highest BCUT2D eigenvalue weighted by Gasteiger charge is 2.27. The molecule has 4 nitrogen and oxygen atoms in total. The highest BCUT2D eigenvalue weighted by molar-refractivity contribution is 5.74. The molecule has 1 aromatic rings. The lowest BCUT2D eigenvalue weighted by Gasteiger charge is -2.23. The molecule has 22 heavy (non-hydrogen) atoms. The molecule has 1 saturated heterocycles. The molecule has 0 bridgehead atoms. The predicted molar refractivity (Wildman–Crippen MR) is 84.7 cm³/mol. The maximum Gasteiger partial charge on any atom is 0.309 e. The van der Waals surface area contributed by atoms with Gasteiger partial charge in [-0.05, 0) is 63.1 Å². The monoisotopic (exact) mass is 306 g/mol. The molecule has 1 aliphatic heterocycles. The van der Waals surface area contributed by atoms with E-state index < -0.39 is 11.4 Å². The molecule has 2 rings (SSSR count). The van der Waals surface area contributed by atoms with E-state index in [0.717, 1.165) is 42.6 Å². The Morgan fingerprint density at radius 3 is 2.82 bits per heavy atom. The molecule has 122 valence electrons. The van der Waals surface area contributed by atoms with E-state index in [-0.39, 0.29) is 6.29 Å². The van der Waals surface area contributed by atoms with Crippen LogP contribution in [0.25, 0.3) is 0 Å². The van der Waals surface area contributed by atoms with Gasteiger partial charge in [-0.1, -0.05) is 18.2 Å². The van der Waals surface area contributed by atoms with Gasteiger partial charge in [0.15, 0.2) is 6.29 Å². The third kappa shape index (κ3) is 4.55. The van der Waals surface area contributed by atoms with Crippen LogP contribution < -0.4 is 0 Å². The van der Waals surface area contributed by atoms with Crippen molar-refractivity contribution in [3.63, 3.8) is 0 Å². The second-order valence-electron chi connectivity index (χ2n) is 6.73. The third-order valence-electron chi connectivity index (χ3n) is 4.20. The smallest absolute Gasteiger partial charge is 0.309 e. The van der Waals surface area contributed by atoms with Gasteiger partial charge < -0.3 is 14.6 Å². The number of carbonyl (C=O) groups is 1. The number of carboxylic acid groups (broad SMARTS) is 1. The first-order chi connectivity index (χ1) is 10.4. The molecule has 4 heteroatoms. The fourth-order valence-corrected chi connectivity index (χ4v) is 2.60. The molecule has 1 unspecified atom stereocenters. The highest BCUT2D eigenvalue weighted by Crippen LogP contribution is 2.24. The molecule has 0 radical (unpaired) electrons. The summed E-state index contributed by atoms with van der Waals surface area (Å²) in [6, 6.07) is 6.09. The van der Waals surface area contributed by atoms with Crippen molar-refractivity contribution in [3.05, 3.63) is 34.9 Å². The number of aliphatic carboxylic acids is 1. The lowest BCUT2D eigenvalue weighted by molar-refractivity contribution is -0.169. The SMILES string of the molecule is Cc1ccc(CC(C)(C)C(=O)O)cc1COC1CCCCO1. The fourth-order valence-electron chi connectivity index (χ4n) is 2.60. The van der Waals surface area contributed by atoms with Crippen LogP contribution in [0.4, 0.5) is 0 Å². The van der Waals surface area contributed by atoms with Crippen molar-refractivity contribution < 1.29 is 19.4 Å². The topological polar surface area (TPSA) is 55.8 Å². The van der Waals surface area contributed by atoms with Gasteiger partial charge in [-0.3, -0.25) is 4.79 Å². The Balaban J connectivity index is 2.01. The maximum atomic E-state index is 11.3. The molecule has 1 aliphatic rings. The largest absolute Gasteiger partial charge is 0.481 e. The summed E-state index contributed by atoms with van der Waals surface area (Å²) in [5.74, 6) is -0.776. The van der Waals surface area contributed by atoms with Crippen molar-refractivity contribution in [2.75, 3.05) is 6.61 Å². The second kappa shape index (κ2) is 7.25. The predicted octanol–water partition coefficient (Wildman–Crippen LogP) is 3.69. The van der Waals surface area contributed by atoms with Crippen molar-refractivity contribution in [2.24, 2.45) is 5.41 Å². The summed E-state index contributed by atoms with van der Waals surface area (Å²) in [5.41, 5.74) is 2.53. The molecular formula is C18H26O4. The zero-order valence-electron chi connectivity index (χ0n) is 13.7. The van der Waals surface area contributed by atoms with Crippen LogP contribution in [0.3, 0.4) is 0 Å². The Morgan fingerprint density at radius 1 is 1.41 bits per heavy atom. The highest BCUT2D eigenvalue weighted by atomic mass is 16.7. The zero-order chi connectivity index (χ0) is 16.2. The van der Waals surface area contributed by atoms with Crippen LogP contribution in [0.5, 0.6) is 0 Å². The van der Waals surface area contributed by atoms with Crippen LogP contribution in [0, 0.1) is 12.3 Å². The summed E-state index contributed by atoms with van der Waals surface area (Å²) in [6.07, 6.45) is 3.61. The lowest BCUT2D eigenvalue weighted by Crippen LogP contribution is -2.26. The Hall–Kier alpha value is -1.39. The number of hydrogen-bond donors (Lipinski definition) is 1. The zero-order valence-corrected chi connectivity index (χ0v) is 13.7. The maximum absolute atomic E-state index is 11.3. The number of benzene rings is 1. The molecule has 1 fully saturated rings. The molecule has 1 N–H and O–H groups in total. The molecule has 0 spiro atoms. The third-order valence-corrected chi connectivity index (χ3v) is 4.20. The van der Waals surface area contributed by atoms with Crippen molar-refractivity contribution in [1.29, 1.82) is 0 Å². The molecular weight excluding hydrogens is 280 g/mol. The minimum absolute atomic E-state index is 0.104. The average Bonchev–Trinajstić information content (AvgIpc) is 2.48. The molecule has 0 aromatic heterocycles. The fraction of sp³-hybridized carbons (Fsp3) is 0.611. The van der Waals surface area contributed by atoms with Gasteiger partial charge in [-0.25, -0.2) is 0 Å². The van der Waals surface area contributed by atoms with Crippen molar-refractivity contribution in [2.45, 2.75) is 59.4 Å². The van der Waals surface area contributed by atoms with E-state index in [1.165, 1.54) is 0 Å². The Morgan fingerprint density at radius 2 is 2.18 bits per heavy atom. The molecule has 0 aliphatic carbocycles. The van der Waals surface area contributed by atoms with E-state index in [9.17, 15) is 9.90 Å². The van der Waals surface area contributed by atoms with E-state index in [1.54, 1.807) is 13.8 Å². The Bertz CT molecular complexity index is 516.